The van der Waals surface area contributed by atoms with Gasteiger partial charge in [-0.2, -0.15) is 0 Å². The maximum atomic E-state index is 12.9. The minimum atomic E-state index is -0.402. The normalized spacial score (nSPS) is 15.1. The molecule has 156 valence electrons. The van der Waals surface area contributed by atoms with E-state index in [0.29, 0.717) is 38.6 Å². The summed E-state index contributed by atoms with van der Waals surface area (Å²) < 4.78 is 6.80. The van der Waals surface area contributed by atoms with Crippen LogP contribution >= 0.6 is 50.9 Å². The number of rotatable bonds is 5. The van der Waals surface area contributed by atoms with Gasteiger partial charge in [0.05, 0.1) is 10.6 Å². The second-order valence-corrected chi connectivity index (χ2v) is 9.38. The van der Waals surface area contributed by atoms with Gasteiger partial charge < -0.3 is 4.74 Å². The molecule has 4 rings (SSSR count). The molecule has 0 aromatic heterocycles. The summed E-state index contributed by atoms with van der Waals surface area (Å²) in [6.45, 7) is 0.337. The highest BCUT2D eigenvalue weighted by Gasteiger charge is 2.36. The number of nitrogens with zero attached hydrogens (tertiary/aromatic N) is 1. The predicted molar refractivity (Wildman–Crippen MR) is 130 cm³/mol. The third-order valence-corrected chi connectivity index (χ3v) is 6.28. The van der Waals surface area contributed by atoms with E-state index >= 15 is 0 Å². The Morgan fingerprint density at radius 3 is 2.48 bits per heavy atom. The lowest BCUT2D eigenvalue weighted by atomic mass is 10.1. The number of halogens is 3. The van der Waals surface area contributed by atoms with E-state index < -0.39 is 5.91 Å². The van der Waals surface area contributed by atoms with Crippen molar-refractivity contribution in [3.63, 3.8) is 0 Å². The van der Waals surface area contributed by atoms with Gasteiger partial charge in [0.2, 0.25) is 0 Å². The lowest BCUT2D eigenvalue weighted by Gasteiger charge is -2.12. The molecule has 0 radical (unpaired) electrons. The Hall–Kier alpha value is -2.25. The molecular formula is C23H14BrCl2NO3S. The fourth-order valence-corrected chi connectivity index (χ4v) is 4.47. The summed E-state index contributed by atoms with van der Waals surface area (Å²) in [5.74, 6) is 0.189. The van der Waals surface area contributed by atoms with E-state index in [1.54, 1.807) is 42.5 Å². The highest BCUT2D eigenvalue weighted by Crippen LogP contribution is 2.38. The molecule has 2 amide bonds. The van der Waals surface area contributed by atoms with Crippen molar-refractivity contribution in [2.75, 3.05) is 4.90 Å². The average Bonchev–Trinajstić information content (AvgIpc) is 3.01. The third-order valence-electron chi connectivity index (χ3n) is 4.43. The van der Waals surface area contributed by atoms with Crippen molar-refractivity contribution in [1.29, 1.82) is 0 Å². The zero-order chi connectivity index (χ0) is 22.0. The van der Waals surface area contributed by atoms with Crippen LogP contribution in [0.15, 0.2) is 76.1 Å². The minimum absolute atomic E-state index is 0.305. The molecule has 3 aromatic rings. The number of ether oxygens (including phenoxy) is 1. The zero-order valence-electron chi connectivity index (χ0n) is 15.8. The Kier molecular flexibility index (Phi) is 6.72. The maximum absolute atomic E-state index is 12.9. The number of carbonyl (C=O) groups is 2. The molecule has 0 atom stereocenters. The molecule has 1 fully saturated rings. The van der Waals surface area contributed by atoms with Gasteiger partial charge in [-0.25, -0.2) is 4.90 Å². The first-order valence-electron chi connectivity index (χ1n) is 9.11. The van der Waals surface area contributed by atoms with Crippen LogP contribution in [0.5, 0.6) is 5.75 Å². The maximum Gasteiger partial charge on any atom is 0.298 e. The molecule has 0 bridgehead atoms. The second kappa shape index (κ2) is 9.49. The summed E-state index contributed by atoms with van der Waals surface area (Å²) in [7, 11) is 0. The van der Waals surface area contributed by atoms with E-state index in [0.717, 1.165) is 26.7 Å². The summed E-state index contributed by atoms with van der Waals surface area (Å²) in [6, 6.07) is 19.5. The number of hydrogen-bond donors (Lipinski definition) is 0. The molecule has 31 heavy (non-hydrogen) atoms. The highest BCUT2D eigenvalue weighted by atomic mass is 79.9. The lowest BCUT2D eigenvalue weighted by molar-refractivity contribution is -0.113. The molecule has 3 aromatic carbocycles. The van der Waals surface area contributed by atoms with Crippen molar-refractivity contribution < 1.29 is 14.3 Å². The van der Waals surface area contributed by atoms with Gasteiger partial charge in [-0.3, -0.25) is 9.59 Å². The largest absolute Gasteiger partial charge is 0.488 e. The molecule has 1 aliphatic heterocycles. The third kappa shape index (κ3) is 5.15. The summed E-state index contributed by atoms with van der Waals surface area (Å²) in [4.78, 5) is 26.9. The van der Waals surface area contributed by atoms with Crippen molar-refractivity contribution >= 4 is 73.8 Å². The molecule has 0 N–H and O–H groups in total. The van der Waals surface area contributed by atoms with Gasteiger partial charge >= 0.3 is 0 Å². The van der Waals surface area contributed by atoms with Gasteiger partial charge in [0, 0.05) is 20.1 Å². The van der Waals surface area contributed by atoms with Crippen LogP contribution in [0, 0.1) is 0 Å². The lowest BCUT2D eigenvalue weighted by Crippen LogP contribution is -2.27. The molecule has 0 unspecified atom stereocenters. The van der Waals surface area contributed by atoms with Gasteiger partial charge in [0.25, 0.3) is 11.1 Å². The molecule has 0 saturated carbocycles. The SMILES string of the molecule is O=C1S/C(=C/c2cc(Br)ccc2OCc2ccc(Cl)cc2)C(=O)N1c1cccc(Cl)c1. The number of carbonyl (C=O) groups excluding carboxylic acids is 2. The number of amides is 2. The fourth-order valence-electron chi connectivity index (χ4n) is 2.95. The molecule has 8 heteroatoms. The number of benzene rings is 3. The van der Waals surface area contributed by atoms with E-state index in [2.05, 4.69) is 15.9 Å². The van der Waals surface area contributed by atoms with Crippen LogP contribution in [0.1, 0.15) is 11.1 Å². The van der Waals surface area contributed by atoms with E-state index in [-0.39, 0.29) is 5.24 Å². The number of hydrogen-bond acceptors (Lipinski definition) is 4. The van der Waals surface area contributed by atoms with Crippen molar-refractivity contribution in [2.45, 2.75) is 6.61 Å². The Balaban J connectivity index is 1.60. The van der Waals surface area contributed by atoms with E-state index in [1.165, 1.54) is 0 Å². The van der Waals surface area contributed by atoms with Crippen LogP contribution in [-0.4, -0.2) is 11.1 Å². The Morgan fingerprint density at radius 2 is 1.74 bits per heavy atom. The molecule has 1 heterocycles. The summed E-state index contributed by atoms with van der Waals surface area (Å²) >= 11 is 16.3. The molecular weight excluding hydrogens is 521 g/mol. The molecule has 1 aliphatic rings. The van der Waals surface area contributed by atoms with E-state index in [4.69, 9.17) is 27.9 Å². The van der Waals surface area contributed by atoms with Crippen LogP contribution in [0.4, 0.5) is 10.5 Å². The Morgan fingerprint density at radius 1 is 0.968 bits per heavy atom. The smallest absolute Gasteiger partial charge is 0.298 e. The first-order valence-corrected chi connectivity index (χ1v) is 11.5. The summed E-state index contributed by atoms with van der Waals surface area (Å²) in [5, 5.41) is 0.728. The minimum Gasteiger partial charge on any atom is -0.488 e. The number of imide groups is 1. The molecule has 0 spiro atoms. The monoisotopic (exact) mass is 533 g/mol. The van der Waals surface area contributed by atoms with Crippen LogP contribution in [0.3, 0.4) is 0 Å². The average molecular weight is 535 g/mol. The van der Waals surface area contributed by atoms with Crippen LogP contribution < -0.4 is 9.64 Å². The quantitative estimate of drug-likeness (QED) is 0.316. The van der Waals surface area contributed by atoms with Crippen molar-refractivity contribution in [1.82, 2.24) is 0 Å². The standard InChI is InChI=1S/C23H14BrCl2NO3S/c24-16-6-9-20(30-13-14-4-7-17(25)8-5-14)15(10-16)11-21-22(28)27(23(29)31-21)19-3-1-2-18(26)12-19/h1-12H,13H2/b21-11+. The van der Waals surface area contributed by atoms with Crippen molar-refractivity contribution in [3.05, 3.63) is 97.3 Å². The summed E-state index contributed by atoms with van der Waals surface area (Å²) in [5.41, 5.74) is 2.08. The molecule has 1 saturated heterocycles. The number of anilines is 1. The first kappa shape index (κ1) is 22.0. The molecule has 0 aliphatic carbocycles. The van der Waals surface area contributed by atoms with Crippen LogP contribution in [0.2, 0.25) is 10.0 Å². The summed E-state index contributed by atoms with van der Waals surface area (Å²) in [6.07, 6.45) is 1.66. The highest BCUT2D eigenvalue weighted by molar-refractivity contribution is 9.10. The fraction of sp³-hybridized carbons (Fsp3) is 0.0435. The first-order chi connectivity index (χ1) is 14.9. The van der Waals surface area contributed by atoms with Crippen molar-refractivity contribution in [2.24, 2.45) is 0 Å². The second-order valence-electron chi connectivity index (χ2n) is 6.59. The van der Waals surface area contributed by atoms with E-state index in [9.17, 15) is 9.59 Å². The predicted octanol–water partition coefficient (Wildman–Crippen LogP) is 7.58. The van der Waals surface area contributed by atoms with Gasteiger partial charge in [-0.05, 0) is 71.9 Å². The van der Waals surface area contributed by atoms with Gasteiger partial charge in [0.15, 0.2) is 0 Å². The Labute approximate surface area is 201 Å². The zero-order valence-corrected chi connectivity index (χ0v) is 19.8. The van der Waals surface area contributed by atoms with Gasteiger partial charge in [0.1, 0.15) is 12.4 Å². The van der Waals surface area contributed by atoms with Crippen LogP contribution in [0.25, 0.3) is 6.08 Å². The van der Waals surface area contributed by atoms with E-state index in [1.807, 2.05) is 30.3 Å². The van der Waals surface area contributed by atoms with Gasteiger partial charge in [-0.1, -0.05) is 57.3 Å². The topological polar surface area (TPSA) is 46.6 Å². The van der Waals surface area contributed by atoms with Crippen molar-refractivity contribution in [3.8, 4) is 5.75 Å². The number of thioether (sulfide) groups is 1. The van der Waals surface area contributed by atoms with Gasteiger partial charge in [-0.15, -0.1) is 0 Å². The van der Waals surface area contributed by atoms with Crippen LogP contribution in [-0.2, 0) is 11.4 Å². The Bertz CT molecular complexity index is 1200. The molecule has 4 nitrogen and oxygen atoms in total.